The zero-order valence-corrected chi connectivity index (χ0v) is 16.2. The highest BCUT2D eigenvalue weighted by molar-refractivity contribution is 5.98. The van der Waals surface area contributed by atoms with Gasteiger partial charge in [-0.1, -0.05) is 17.7 Å². The number of carbonyl (C=O) groups is 4. The van der Waals surface area contributed by atoms with Gasteiger partial charge < -0.3 is 19.9 Å². The number of ether oxygens (including phenoxy) is 1. The number of aromatic nitrogens is 1. The number of hydrogen-bond donors (Lipinski definition) is 2. The summed E-state index contributed by atoms with van der Waals surface area (Å²) < 4.78 is 5.12. The summed E-state index contributed by atoms with van der Waals surface area (Å²) in [7, 11) is 1.45. The van der Waals surface area contributed by atoms with E-state index in [0.717, 1.165) is 5.56 Å². The molecule has 1 heterocycles. The monoisotopic (exact) mass is 385 g/mol. The largest absolute Gasteiger partial charge is 0.448 e. The lowest BCUT2D eigenvalue weighted by atomic mass is 10.2. The van der Waals surface area contributed by atoms with Crippen LogP contribution in [0.2, 0.25) is 0 Å². The maximum absolute atomic E-state index is 12.4. The Morgan fingerprint density at radius 3 is 2.39 bits per heavy atom. The molecule has 148 valence electrons. The number of carbonyl (C=O) groups excluding carboxylic acids is 4. The molecule has 0 unspecified atom stereocenters. The van der Waals surface area contributed by atoms with Crippen molar-refractivity contribution in [3.63, 3.8) is 0 Å². The Balaban J connectivity index is 1.88. The molecule has 0 bridgehead atoms. The molecule has 2 rings (SSSR count). The Bertz CT molecular complexity index is 886. The van der Waals surface area contributed by atoms with Crippen molar-refractivity contribution < 1.29 is 23.9 Å². The first-order valence-corrected chi connectivity index (χ1v) is 8.69. The van der Waals surface area contributed by atoms with Crippen molar-refractivity contribution in [2.45, 2.75) is 26.9 Å². The molecule has 0 spiro atoms. The first-order chi connectivity index (χ1) is 13.2. The van der Waals surface area contributed by atoms with Crippen molar-refractivity contribution in [3.8, 4) is 0 Å². The minimum absolute atomic E-state index is 0.0737. The van der Waals surface area contributed by atoms with Gasteiger partial charge in [0.05, 0.1) is 6.54 Å². The molecule has 28 heavy (non-hydrogen) atoms. The Labute approximate surface area is 162 Å². The molecule has 8 heteroatoms. The molecule has 0 aliphatic heterocycles. The number of esters is 1. The molecular weight excluding hydrogens is 362 g/mol. The van der Waals surface area contributed by atoms with Crippen LogP contribution < -0.4 is 5.32 Å². The van der Waals surface area contributed by atoms with E-state index >= 15 is 0 Å². The number of likely N-dealkylation sites (N-methyl/N-ethyl adjacent to an activating group) is 1. The van der Waals surface area contributed by atoms with E-state index in [2.05, 4.69) is 10.3 Å². The average Bonchev–Trinajstić information content (AvgIpc) is 3.13. The Morgan fingerprint density at radius 1 is 1.18 bits per heavy atom. The summed E-state index contributed by atoms with van der Waals surface area (Å²) in [5.41, 5.74) is 2.11. The second-order valence-corrected chi connectivity index (χ2v) is 6.51. The van der Waals surface area contributed by atoms with Gasteiger partial charge in [-0.15, -0.1) is 0 Å². The van der Waals surface area contributed by atoms with Crippen LogP contribution in [-0.2, 0) is 14.3 Å². The molecule has 2 N–H and O–H groups in total. The molecule has 8 nitrogen and oxygen atoms in total. The minimum Gasteiger partial charge on any atom is -0.448 e. The highest BCUT2D eigenvalue weighted by Gasteiger charge is 2.24. The fraction of sp³-hybridized carbons (Fsp3) is 0.300. The SMILES string of the molecule is CC(=O)c1c[nH]c(C(=O)O[C@H](C)C(=O)N(C)CC(=O)Nc2ccc(C)cc2)c1. The molecule has 1 atom stereocenters. The molecule has 0 radical (unpaired) electrons. The van der Waals surface area contributed by atoms with Crippen molar-refractivity contribution in [1.29, 1.82) is 0 Å². The summed E-state index contributed by atoms with van der Waals surface area (Å²) in [6.45, 7) is 4.55. The summed E-state index contributed by atoms with van der Waals surface area (Å²) in [6, 6.07) is 8.63. The molecule has 2 amide bonds. The number of aromatic amines is 1. The third kappa shape index (κ3) is 5.54. The van der Waals surface area contributed by atoms with E-state index in [1.54, 1.807) is 12.1 Å². The van der Waals surface area contributed by atoms with Crippen molar-refractivity contribution in [2.75, 3.05) is 18.9 Å². The van der Waals surface area contributed by atoms with Crippen LogP contribution in [0.3, 0.4) is 0 Å². The Kier molecular flexibility index (Phi) is 6.70. The predicted octanol–water partition coefficient (Wildman–Crippen LogP) is 2.17. The van der Waals surface area contributed by atoms with E-state index in [1.807, 2.05) is 19.1 Å². The zero-order valence-electron chi connectivity index (χ0n) is 16.2. The van der Waals surface area contributed by atoms with Crippen LogP contribution in [0, 0.1) is 6.92 Å². The molecule has 0 fully saturated rings. The van der Waals surface area contributed by atoms with Gasteiger partial charge in [0.1, 0.15) is 5.69 Å². The lowest BCUT2D eigenvalue weighted by Gasteiger charge is -2.21. The number of ketones is 1. The average molecular weight is 385 g/mol. The number of aryl methyl sites for hydroxylation is 1. The minimum atomic E-state index is -1.09. The van der Waals surface area contributed by atoms with Gasteiger partial charge in [-0.3, -0.25) is 14.4 Å². The molecule has 1 aromatic carbocycles. The lowest BCUT2D eigenvalue weighted by molar-refractivity contribution is -0.140. The van der Waals surface area contributed by atoms with E-state index in [9.17, 15) is 19.2 Å². The number of hydrogen-bond acceptors (Lipinski definition) is 5. The second-order valence-electron chi connectivity index (χ2n) is 6.51. The van der Waals surface area contributed by atoms with Gasteiger partial charge in [-0.25, -0.2) is 4.79 Å². The summed E-state index contributed by atoms with van der Waals surface area (Å²) in [5, 5.41) is 2.70. The van der Waals surface area contributed by atoms with E-state index in [1.165, 1.54) is 38.1 Å². The number of H-pyrrole nitrogens is 1. The van der Waals surface area contributed by atoms with Gasteiger partial charge in [0, 0.05) is 24.5 Å². The van der Waals surface area contributed by atoms with Crippen LogP contribution in [-0.4, -0.2) is 53.1 Å². The highest BCUT2D eigenvalue weighted by Crippen LogP contribution is 2.10. The number of nitrogens with zero attached hydrogens (tertiary/aromatic N) is 1. The summed E-state index contributed by atoms with van der Waals surface area (Å²) in [6.07, 6.45) is 0.307. The third-order valence-corrected chi connectivity index (χ3v) is 4.03. The van der Waals surface area contributed by atoms with Gasteiger partial charge in [-0.2, -0.15) is 0 Å². The quantitative estimate of drug-likeness (QED) is 0.561. The highest BCUT2D eigenvalue weighted by atomic mass is 16.5. The van der Waals surface area contributed by atoms with Crippen LogP contribution in [0.25, 0.3) is 0 Å². The van der Waals surface area contributed by atoms with Gasteiger partial charge in [0.2, 0.25) is 5.91 Å². The molecule has 1 aromatic heterocycles. The summed E-state index contributed by atoms with van der Waals surface area (Å²) in [5.74, 6) is -1.84. The van der Waals surface area contributed by atoms with Gasteiger partial charge in [-0.05, 0) is 39.0 Å². The number of nitrogens with one attached hydrogen (secondary N) is 2. The second kappa shape index (κ2) is 8.98. The van der Waals surface area contributed by atoms with Crippen molar-refractivity contribution >= 4 is 29.3 Å². The summed E-state index contributed by atoms with van der Waals surface area (Å²) in [4.78, 5) is 51.6. The molecule has 0 aliphatic rings. The van der Waals surface area contributed by atoms with Crippen LogP contribution in [0.15, 0.2) is 36.5 Å². The van der Waals surface area contributed by atoms with E-state index in [0.29, 0.717) is 11.3 Å². The third-order valence-electron chi connectivity index (χ3n) is 4.03. The number of amides is 2. The van der Waals surface area contributed by atoms with Crippen molar-refractivity contribution in [2.24, 2.45) is 0 Å². The first kappa shape index (κ1) is 20.9. The van der Waals surface area contributed by atoms with Gasteiger partial charge in [0.15, 0.2) is 11.9 Å². The first-order valence-electron chi connectivity index (χ1n) is 8.69. The predicted molar refractivity (Wildman–Crippen MR) is 103 cm³/mol. The van der Waals surface area contributed by atoms with Crippen molar-refractivity contribution in [3.05, 3.63) is 53.3 Å². The van der Waals surface area contributed by atoms with Gasteiger partial charge in [0.25, 0.3) is 5.91 Å². The molecule has 0 saturated carbocycles. The smallest absolute Gasteiger partial charge is 0.355 e. The molecule has 2 aromatic rings. The number of anilines is 1. The maximum Gasteiger partial charge on any atom is 0.355 e. The number of rotatable bonds is 7. The maximum atomic E-state index is 12.4. The molecule has 0 saturated heterocycles. The van der Waals surface area contributed by atoms with Crippen LogP contribution in [0.5, 0.6) is 0 Å². The number of benzene rings is 1. The van der Waals surface area contributed by atoms with Crippen molar-refractivity contribution in [1.82, 2.24) is 9.88 Å². The fourth-order valence-electron chi connectivity index (χ4n) is 2.43. The van der Waals surface area contributed by atoms with Crippen LogP contribution >= 0.6 is 0 Å². The van der Waals surface area contributed by atoms with Crippen LogP contribution in [0.1, 0.15) is 40.3 Å². The van der Waals surface area contributed by atoms with E-state index in [4.69, 9.17) is 4.74 Å². The standard InChI is InChI=1S/C20H23N3O5/c1-12-5-7-16(8-6-12)22-18(25)11-23(4)19(26)14(3)28-20(27)17-9-15(10-21-17)13(2)24/h5-10,14,21H,11H2,1-4H3,(H,22,25)/t14-/m1/s1. The normalized spacial score (nSPS) is 11.4. The summed E-state index contributed by atoms with van der Waals surface area (Å²) >= 11 is 0. The lowest BCUT2D eigenvalue weighted by Crippen LogP contribution is -2.41. The van der Waals surface area contributed by atoms with Gasteiger partial charge >= 0.3 is 5.97 Å². The number of Topliss-reactive ketones (excluding diaryl/α,β-unsaturated/α-hetero) is 1. The Morgan fingerprint density at radius 2 is 1.82 bits per heavy atom. The molecule has 0 aliphatic carbocycles. The van der Waals surface area contributed by atoms with Crippen LogP contribution in [0.4, 0.5) is 5.69 Å². The topological polar surface area (TPSA) is 109 Å². The Hall–Kier alpha value is -3.42. The van der Waals surface area contributed by atoms with E-state index < -0.39 is 18.0 Å². The molecular formula is C20H23N3O5. The zero-order chi connectivity index (χ0) is 20.8. The van der Waals surface area contributed by atoms with E-state index in [-0.39, 0.29) is 23.9 Å². The fourth-order valence-corrected chi connectivity index (χ4v) is 2.43.